The van der Waals surface area contributed by atoms with E-state index in [-0.39, 0.29) is 6.10 Å². The van der Waals surface area contributed by atoms with E-state index in [1.54, 1.807) is 6.20 Å². The lowest BCUT2D eigenvalue weighted by Gasteiger charge is -2.32. The molecule has 0 aromatic carbocycles. The number of ether oxygens (including phenoxy) is 1. The third kappa shape index (κ3) is 2.75. The highest BCUT2D eigenvalue weighted by atomic mass is 16.5. The molecule has 0 saturated carbocycles. The summed E-state index contributed by atoms with van der Waals surface area (Å²) in [5, 5.41) is 0. The van der Waals surface area contributed by atoms with Crippen LogP contribution in [0.25, 0.3) is 0 Å². The predicted molar refractivity (Wildman–Crippen MR) is 58.4 cm³/mol. The average Bonchev–Trinajstić information content (AvgIpc) is 2.31. The van der Waals surface area contributed by atoms with E-state index in [9.17, 15) is 0 Å². The van der Waals surface area contributed by atoms with Gasteiger partial charge in [0.2, 0.25) is 0 Å². The van der Waals surface area contributed by atoms with Crippen LogP contribution in [0.2, 0.25) is 0 Å². The first kappa shape index (κ1) is 10.5. The normalized spacial score (nSPS) is 22.9. The van der Waals surface area contributed by atoms with Gasteiger partial charge in [0.15, 0.2) is 0 Å². The van der Waals surface area contributed by atoms with Crippen molar-refractivity contribution in [2.24, 2.45) is 5.73 Å². The summed E-state index contributed by atoms with van der Waals surface area (Å²) in [5.41, 5.74) is 6.70. The Morgan fingerprint density at radius 2 is 2.53 bits per heavy atom. The fourth-order valence-corrected chi connectivity index (χ4v) is 1.86. The average molecular weight is 207 g/mol. The number of nitrogens with two attached hydrogens (primary N) is 1. The molecule has 2 rings (SSSR count). The molecule has 0 bridgehead atoms. The lowest BCUT2D eigenvalue weighted by molar-refractivity contribution is -0.0290. The molecule has 1 aromatic rings. The third-order valence-corrected chi connectivity index (χ3v) is 2.65. The Kier molecular flexibility index (Phi) is 3.66. The SMILES string of the molecule is NCCN1CCOC(c2cccnc2)C1. The number of pyridine rings is 1. The number of hydrogen-bond acceptors (Lipinski definition) is 4. The first-order valence-corrected chi connectivity index (χ1v) is 5.34. The van der Waals surface area contributed by atoms with Crippen molar-refractivity contribution >= 4 is 0 Å². The van der Waals surface area contributed by atoms with Gasteiger partial charge in [-0.2, -0.15) is 0 Å². The van der Waals surface area contributed by atoms with Gasteiger partial charge in [-0.15, -0.1) is 0 Å². The zero-order valence-electron chi connectivity index (χ0n) is 8.80. The molecule has 1 saturated heterocycles. The summed E-state index contributed by atoms with van der Waals surface area (Å²) in [6, 6.07) is 4.00. The zero-order valence-corrected chi connectivity index (χ0v) is 8.80. The van der Waals surface area contributed by atoms with Crippen molar-refractivity contribution in [2.45, 2.75) is 6.10 Å². The van der Waals surface area contributed by atoms with Crippen molar-refractivity contribution in [1.29, 1.82) is 0 Å². The van der Waals surface area contributed by atoms with Crippen molar-refractivity contribution in [3.05, 3.63) is 30.1 Å². The molecule has 1 aliphatic rings. The third-order valence-electron chi connectivity index (χ3n) is 2.65. The van der Waals surface area contributed by atoms with E-state index in [0.29, 0.717) is 6.54 Å². The summed E-state index contributed by atoms with van der Waals surface area (Å²) in [6.07, 6.45) is 3.81. The Hall–Kier alpha value is -0.970. The fraction of sp³-hybridized carbons (Fsp3) is 0.545. The van der Waals surface area contributed by atoms with Crippen LogP contribution in [0.3, 0.4) is 0 Å². The second kappa shape index (κ2) is 5.21. The minimum atomic E-state index is 0.152. The zero-order chi connectivity index (χ0) is 10.5. The lowest BCUT2D eigenvalue weighted by Crippen LogP contribution is -2.40. The van der Waals surface area contributed by atoms with Gasteiger partial charge >= 0.3 is 0 Å². The maximum absolute atomic E-state index is 5.72. The van der Waals surface area contributed by atoms with Crippen LogP contribution < -0.4 is 5.73 Å². The minimum Gasteiger partial charge on any atom is -0.371 e. The summed E-state index contributed by atoms with van der Waals surface area (Å²) in [5.74, 6) is 0. The molecule has 4 heteroatoms. The second-order valence-electron chi connectivity index (χ2n) is 3.74. The predicted octanol–water partition coefficient (Wildman–Crippen LogP) is 0.414. The number of aromatic nitrogens is 1. The van der Waals surface area contributed by atoms with E-state index < -0.39 is 0 Å². The van der Waals surface area contributed by atoms with Gasteiger partial charge in [0.1, 0.15) is 0 Å². The van der Waals surface area contributed by atoms with Gasteiger partial charge in [0, 0.05) is 44.1 Å². The van der Waals surface area contributed by atoms with E-state index in [1.165, 1.54) is 0 Å². The summed E-state index contributed by atoms with van der Waals surface area (Å²) in [7, 11) is 0. The van der Waals surface area contributed by atoms with Gasteiger partial charge in [0.05, 0.1) is 12.7 Å². The molecular formula is C11H17N3O. The van der Waals surface area contributed by atoms with Crippen LogP contribution >= 0.6 is 0 Å². The molecule has 1 fully saturated rings. The number of rotatable bonds is 3. The molecule has 1 aromatic heterocycles. The first-order valence-electron chi connectivity index (χ1n) is 5.34. The Labute approximate surface area is 90.0 Å². The van der Waals surface area contributed by atoms with Crippen molar-refractivity contribution in [1.82, 2.24) is 9.88 Å². The molecule has 82 valence electrons. The maximum Gasteiger partial charge on any atom is 0.0967 e. The molecule has 0 amide bonds. The van der Waals surface area contributed by atoms with Crippen molar-refractivity contribution in [3.63, 3.8) is 0 Å². The highest BCUT2D eigenvalue weighted by Gasteiger charge is 2.21. The first-order chi connectivity index (χ1) is 7.40. The van der Waals surface area contributed by atoms with Gasteiger partial charge < -0.3 is 10.5 Å². The standard InChI is InChI=1S/C11H17N3O/c12-3-5-14-6-7-15-11(9-14)10-2-1-4-13-8-10/h1-2,4,8,11H,3,5-7,9,12H2. The second-order valence-corrected chi connectivity index (χ2v) is 3.74. The largest absolute Gasteiger partial charge is 0.371 e. The van der Waals surface area contributed by atoms with Crippen LogP contribution in [0, 0.1) is 0 Å². The van der Waals surface area contributed by atoms with Crippen molar-refractivity contribution in [3.8, 4) is 0 Å². The van der Waals surface area contributed by atoms with Crippen molar-refractivity contribution in [2.75, 3.05) is 32.8 Å². The molecule has 0 radical (unpaired) electrons. The molecule has 0 spiro atoms. The van der Waals surface area contributed by atoms with Crippen molar-refractivity contribution < 1.29 is 4.74 Å². The van der Waals surface area contributed by atoms with Crippen LogP contribution in [0.1, 0.15) is 11.7 Å². The van der Waals surface area contributed by atoms with Crippen LogP contribution in [0.15, 0.2) is 24.5 Å². The van der Waals surface area contributed by atoms with E-state index in [2.05, 4.69) is 16.0 Å². The molecule has 15 heavy (non-hydrogen) atoms. The highest BCUT2D eigenvalue weighted by molar-refractivity contribution is 5.13. The van der Waals surface area contributed by atoms with Crippen LogP contribution in [-0.4, -0.2) is 42.7 Å². The quantitative estimate of drug-likeness (QED) is 0.780. The molecule has 0 aliphatic carbocycles. The van der Waals surface area contributed by atoms with E-state index in [1.807, 2.05) is 12.3 Å². The van der Waals surface area contributed by atoms with Gasteiger partial charge in [-0.25, -0.2) is 0 Å². The van der Waals surface area contributed by atoms with E-state index >= 15 is 0 Å². The van der Waals surface area contributed by atoms with Crippen LogP contribution in [0.5, 0.6) is 0 Å². The van der Waals surface area contributed by atoms with E-state index in [4.69, 9.17) is 10.5 Å². The monoisotopic (exact) mass is 207 g/mol. The highest BCUT2D eigenvalue weighted by Crippen LogP contribution is 2.20. The van der Waals surface area contributed by atoms with Crippen LogP contribution in [0.4, 0.5) is 0 Å². The number of morpholine rings is 1. The topological polar surface area (TPSA) is 51.4 Å². The Bertz CT molecular complexity index is 289. The van der Waals surface area contributed by atoms with Crippen LogP contribution in [-0.2, 0) is 4.74 Å². The molecule has 2 N–H and O–H groups in total. The molecule has 1 unspecified atom stereocenters. The molecule has 1 atom stereocenters. The fourth-order valence-electron chi connectivity index (χ4n) is 1.86. The Morgan fingerprint density at radius 3 is 3.27 bits per heavy atom. The Balaban J connectivity index is 1.98. The summed E-state index contributed by atoms with van der Waals surface area (Å²) in [6.45, 7) is 4.33. The summed E-state index contributed by atoms with van der Waals surface area (Å²) < 4.78 is 5.72. The summed E-state index contributed by atoms with van der Waals surface area (Å²) in [4.78, 5) is 6.44. The number of nitrogens with zero attached hydrogens (tertiary/aromatic N) is 2. The lowest BCUT2D eigenvalue weighted by atomic mass is 10.1. The molecular weight excluding hydrogens is 190 g/mol. The van der Waals surface area contributed by atoms with Gasteiger partial charge in [-0.05, 0) is 6.07 Å². The van der Waals surface area contributed by atoms with Gasteiger partial charge in [-0.3, -0.25) is 9.88 Å². The van der Waals surface area contributed by atoms with Gasteiger partial charge in [-0.1, -0.05) is 6.07 Å². The summed E-state index contributed by atoms with van der Waals surface area (Å²) >= 11 is 0. The minimum absolute atomic E-state index is 0.152. The molecule has 4 nitrogen and oxygen atoms in total. The smallest absolute Gasteiger partial charge is 0.0967 e. The molecule has 1 aliphatic heterocycles. The Morgan fingerprint density at radius 1 is 1.60 bits per heavy atom. The molecule has 2 heterocycles. The van der Waals surface area contributed by atoms with Gasteiger partial charge in [0.25, 0.3) is 0 Å². The number of hydrogen-bond donors (Lipinski definition) is 1. The maximum atomic E-state index is 5.72. The van der Waals surface area contributed by atoms with E-state index in [0.717, 1.165) is 31.8 Å².